The highest BCUT2D eigenvalue weighted by Gasteiger charge is 2.25. The molecule has 0 fully saturated rings. The number of Topliss-reactive ketones (excluding diaryl/α,β-unsaturated/α-hetero) is 1. The van der Waals surface area contributed by atoms with Crippen molar-refractivity contribution in [3.05, 3.63) is 67.3 Å². The number of carbonyl (C=O) groups is 1. The Morgan fingerprint density at radius 1 is 1.24 bits per heavy atom. The minimum atomic E-state index is -1.09. The van der Waals surface area contributed by atoms with E-state index in [1.807, 2.05) is 6.07 Å². The highest BCUT2D eigenvalue weighted by molar-refractivity contribution is 9.11. The van der Waals surface area contributed by atoms with Crippen LogP contribution in [0.2, 0.25) is 5.02 Å². The fourth-order valence-corrected chi connectivity index (χ4v) is 3.37. The zero-order chi connectivity index (χ0) is 15.6. The molecule has 2 rings (SSSR count). The Hall–Kier alpha value is -1.22. The van der Waals surface area contributed by atoms with E-state index in [-0.39, 0.29) is 5.02 Å². The van der Waals surface area contributed by atoms with Crippen LogP contribution >= 0.6 is 43.5 Å². The molecule has 1 unspecified atom stereocenters. The molecular formula is C15H7Br2ClFNO. The summed E-state index contributed by atoms with van der Waals surface area (Å²) < 4.78 is 14.5. The normalized spacial score (nSPS) is 11.8. The quantitative estimate of drug-likeness (QED) is 0.603. The van der Waals surface area contributed by atoms with E-state index in [1.165, 1.54) is 12.1 Å². The molecule has 0 radical (unpaired) electrons. The number of carbonyl (C=O) groups excluding carboxylic acids is 1. The van der Waals surface area contributed by atoms with Crippen molar-refractivity contribution in [2.24, 2.45) is 0 Å². The average Bonchev–Trinajstić information content (AvgIpc) is 2.41. The van der Waals surface area contributed by atoms with Crippen LogP contribution in [0.3, 0.4) is 0 Å². The molecule has 0 amide bonds. The van der Waals surface area contributed by atoms with Gasteiger partial charge >= 0.3 is 0 Å². The van der Waals surface area contributed by atoms with Crippen LogP contribution in [-0.4, -0.2) is 5.78 Å². The molecule has 2 nitrogen and oxygen atoms in total. The fourth-order valence-electron chi connectivity index (χ4n) is 1.85. The van der Waals surface area contributed by atoms with Crippen LogP contribution in [0.4, 0.5) is 4.39 Å². The number of hydrogen-bond acceptors (Lipinski definition) is 2. The van der Waals surface area contributed by atoms with Gasteiger partial charge in [-0.3, -0.25) is 4.79 Å². The van der Waals surface area contributed by atoms with Gasteiger partial charge in [0.1, 0.15) is 11.7 Å². The van der Waals surface area contributed by atoms with Gasteiger partial charge in [-0.15, -0.1) is 0 Å². The number of nitriles is 1. The summed E-state index contributed by atoms with van der Waals surface area (Å²) in [4.78, 5) is 12.5. The summed E-state index contributed by atoms with van der Waals surface area (Å²) in [7, 11) is 0. The Bertz CT molecular complexity index is 758. The second-order valence-electron chi connectivity index (χ2n) is 4.22. The lowest BCUT2D eigenvalue weighted by Gasteiger charge is -2.12. The Morgan fingerprint density at radius 2 is 1.95 bits per heavy atom. The topological polar surface area (TPSA) is 40.9 Å². The van der Waals surface area contributed by atoms with Gasteiger partial charge in [-0.25, -0.2) is 4.39 Å². The number of benzene rings is 2. The number of hydrogen-bond donors (Lipinski definition) is 0. The van der Waals surface area contributed by atoms with E-state index in [2.05, 4.69) is 31.9 Å². The molecule has 1 atom stereocenters. The summed E-state index contributed by atoms with van der Waals surface area (Å²) in [6.45, 7) is 0. The van der Waals surface area contributed by atoms with Gasteiger partial charge < -0.3 is 0 Å². The molecule has 0 bridgehead atoms. The lowest BCUT2D eigenvalue weighted by Crippen LogP contribution is -2.12. The Kier molecular flexibility index (Phi) is 5.15. The van der Waals surface area contributed by atoms with Crippen molar-refractivity contribution in [3.63, 3.8) is 0 Å². The van der Waals surface area contributed by atoms with Crippen LogP contribution in [0.25, 0.3) is 0 Å². The molecule has 0 aliphatic carbocycles. The predicted octanol–water partition coefficient (Wildman–Crippen LogP) is 5.49. The van der Waals surface area contributed by atoms with E-state index in [4.69, 9.17) is 11.6 Å². The van der Waals surface area contributed by atoms with Gasteiger partial charge in [-0.2, -0.15) is 5.26 Å². The van der Waals surface area contributed by atoms with Gasteiger partial charge in [0.05, 0.1) is 6.07 Å². The third-order valence-corrected chi connectivity index (χ3v) is 4.34. The van der Waals surface area contributed by atoms with Crippen LogP contribution in [-0.2, 0) is 0 Å². The van der Waals surface area contributed by atoms with Gasteiger partial charge in [0.15, 0.2) is 5.78 Å². The van der Waals surface area contributed by atoms with Gasteiger partial charge in [-0.1, -0.05) is 49.5 Å². The average molecular weight is 431 g/mol. The molecule has 0 spiro atoms. The molecule has 6 heteroatoms. The van der Waals surface area contributed by atoms with Gasteiger partial charge in [0.25, 0.3) is 0 Å². The van der Waals surface area contributed by atoms with Crippen molar-refractivity contribution in [2.75, 3.05) is 0 Å². The van der Waals surface area contributed by atoms with Crippen molar-refractivity contribution in [1.82, 2.24) is 0 Å². The molecular weight excluding hydrogens is 424 g/mol. The van der Waals surface area contributed by atoms with Crippen molar-refractivity contribution in [3.8, 4) is 6.07 Å². The molecule has 0 saturated carbocycles. The summed E-state index contributed by atoms with van der Waals surface area (Å²) in [6, 6.07) is 10.6. The second-order valence-corrected chi connectivity index (χ2v) is 6.39. The Labute approximate surface area is 142 Å². The van der Waals surface area contributed by atoms with E-state index in [0.717, 1.165) is 10.5 Å². The summed E-state index contributed by atoms with van der Waals surface area (Å²) in [5.74, 6) is -2.00. The molecule has 0 saturated heterocycles. The first-order valence-electron chi connectivity index (χ1n) is 5.78. The van der Waals surface area contributed by atoms with E-state index >= 15 is 0 Å². The van der Waals surface area contributed by atoms with E-state index in [0.29, 0.717) is 15.6 Å². The van der Waals surface area contributed by atoms with E-state index in [1.54, 1.807) is 18.2 Å². The Morgan fingerprint density at radius 3 is 2.52 bits per heavy atom. The third kappa shape index (κ3) is 3.52. The van der Waals surface area contributed by atoms with Gasteiger partial charge in [0, 0.05) is 19.5 Å². The molecule has 21 heavy (non-hydrogen) atoms. The standard InChI is InChI=1S/C15H7Br2ClFNO/c16-8-1-3-11(13(17)5-8)15(21)12(7-20)10-4-2-9(19)6-14(10)18/h1-6,12H. The predicted molar refractivity (Wildman–Crippen MR) is 85.9 cm³/mol. The fraction of sp³-hybridized carbons (Fsp3) is 0.0667. The van der Waals surface area contributed by atoms with Crippen LogP contribution in [0, 0.1) is 17.1 Å². The molecule has 2 aromatic rings. The molecule has 0 N–H and O–H groups in total. The van der Waals surface area contributed by atoms with E-state index < -0.39 is 17.5 Å². The zero-order valence-corrected chi connectivity index (χ0v) is 14.3. The number of ketones is 1. The SMILES string of the molecule is N#CC(C(=O)c1ccc(Br)cc1Br)c1ccc(F)cc1Cl. The van der Waals surface area contributed by atoms with Crippen molar-refractivity contribution >= 4 is 49.2 Å². The maximum atomic E-state index is 13.1. The summed E-state index contributed by atoms with van der Waals surface area (Å²) in [5, 5.41) is 9.36. The van der Waals surface area contributed by atoms with Gasteiger partial charge in [0.2, 0.25) is 0 Å². The highest BCUT2D eigenvalue weighted by atomic mass is 79.9. The lowest BCUT2D eigenvalue weighted by atomic mass is 9.92. The number of halogens is 4. The van der Waals surface area contributed by atoms with Crippen LogP contribution in [0.1, 0.15) is 21.8 Å². The maximum absolute atomic E-state index is 13.1. The molecule has 0 aliphatic rings. The molecule has 0 heterocycles. The van der Waals surface area contributed by atoms with E-state index in [9.17, 15) is 14.4 Å². The number of nitrogens with zero attached hydrogens (tertiary/aromatic N) is 1. The molecule has 0 aliphatic heterocycles. The minimum absolute atomic E-state index is 0.0585. The molecule has 2 aromatic carbocycles. The first-order valence-corrected chi connectivity index (χ1v) is 7.74. The summed E-state index contributed by atoms with van der Waals surface area (Å²) in [5.41, 5.74) is 0.658. The summed E-state index contributed by atoms with van der Waals surface area (Å²) in [6.07, 6.45) is 0. The molecule has 106 valence electrons. The monoisotopic (exact) mass is 429 g/mol. The second kappa shape index (κ2) is 6.69. The Balaban J connectivity index is 2.46. The third-order valence-electron chi connectivity index (χ3n) is 2.86. The van der Waals surface area contributed by atoms with Crippen LogP contribution in [0.15, 0.2) is 45.3 Å². The number of rotatable bonds is 3. The van der Waals surface area contributed by atoms with Crippen molar-refractivity contribution < 1.29 is 9.18 Å². The first-order chi connectivity index (χ1) is 9.93. The largest absolute Gasteiger partial charge is 0.292 e. The maximum Gasteiger partial charge on any atom is 0.185 e. The van der Waals surface area contributed by atoms with Crippen molar-refractivity contribution in [2.45, 2.75) is 5.92 Å². The zero-order valence-electron chi connectivity index (χ0n) is 10.4. The molecule has 0 aromatic heterocycles. The summed E-state index contributed by atoms with van der Waals surface area (Å²) >= 11 is 12.5. The van der Waals surface area contributed by atoms with Crippen molar-refractivity contribution in [1.29, 1.82) is 5.26 Å². The van der Waals surface area contributed by atoms with Crippen LogP contribution in [0.5, 0.6) is 0 Å². The highest BCUT2D eigenvalue weighted by Crippen LogP contribution is 2.31. The van der Waals surface area contributed by atoms with Gasteiger partial charge in [-0.05, 0) is 35.9 Å². The minimum Gasteiger partial charge on any atom is -0.292 e. The smallest absolute Gasteiger partial charge is 0.185 e. The first kappa shape index (κ1) is 16.2. The lowest BCUT2D eigenvalue weighted by molar-refractivity contribution is 0.0978. The van der Waals surface area contributed by atoms with Crippen LogP contribution < -0.4 is 0 Å².